The quantitative estimate of drug-likeness (QED) is 0.478. The molecule has 0 unspecified atom stereocenters. The second-order valence-corrected chi connectivity index (χ2v) is 6.51. The minimum atomic E-state index is -0.526. The highest BCUT2D eigenvalue weighted by Gasteiger charge is 2.15. The summed E-state index contributed by atoms with van der Waals surface area (Å²) in [6, 6.07) is 16.4. The van der Waals surface area contributed by atoms with Crippen LogP contribution in [-0.2, 0) is 20.8 Å². The highest BCUT2D eigenvalue weighted by atomic mass is 16.6. The highest BCUT2D eigenvalue weighted by Crippen LogP contribution is 2.34. The molecule has 3 rings (SSSR count). The molecule has 0 bridgehead atoms. The fourth-order valence-corrected chi connectivity index (χ4v) is 3.05. The van der Waals surface area contributed by atoms with Crippen molar-refractivity contribution in [3.8, 4) is 17.2 Å². The van der Waals surface area contributed by atoms with Crippen molar-refractivity contribution < 1.29 is 28.6 Å². The Morgan fingerprint density at radius 1 is 0.724 bits per heavy atom. The molecule has 0 amide bonds. The number of carbonyl (C=O) groups is 3. The second kappa shape index (κ2) is 8.56. The first-order valence-corrected chi connectivity index (χ1v) is 9.02. The summed E-state index contributed by atoms with van der Waals surface area (Å²) in [7, 11) is 0. The summed E-state index contributed by atoms with van der Waals surface area (Å²) < 4.78 is 15.8. The van der Waals surface area contributed by atoms with E-state index in [1.807, 2.05) is 36.4 Å². The van der Waals surface area contributed by atoms with Gasteiger partial charge in [-0.3, -0.25) is 14.4 Å². The summed E-state index contributed by atoms with van der Waals surface area (Å²) in [6.07, 6.45) is 0.419. The molecular weight excluding hydrogens is 372 g/mol. The molecule has 0 heterocycles. The van der Waals surface area contributed by atoms with Gasteiger partial charge in [-0.15, -0.1) is 0 Å². The summed E-state index contributed by atoms with van der Waals surface area (Å²) in [6.45, 7) is 3.90. The largest absolute Gasteiger partial charge is 0.426 e. The standard InChI is InChI=1S/C23H20O6/c1-14(24)27-21-11-8-17(13-22(21)28-15(2)25)12-19-10-9-18-6-4-5-7-20(18)23(19)29-16(3)26/h4-11,13H,12H2,1-3H3. The molecule has 0 aliphatic carbocycles. The van der Waals surface area contributed by atoms with Crippen molar-refractivity contribution in [2.24, 2.45) is 0 Å². The van der Waals surface area contributed by atoms with Gasteiger partial charge in [0.25, 0.3) is 0 Å². The van der Waals surface area contributed by atoms with Gasteiger partial charge in [-0.1, -0.05) is 42.5 Å². The van der Waals surface area contributed by atoms with Crippen LogP contribution < -0.4 is 14.2 Å². The van der Waals surface area contributed by atoms with Crippen LogP contribution in [0.5, 0.6) is 17.2 Å². The van der Waals surface area contributed by atoms with Crippen molar-refractivity contribution in [2.45, 2.75) is 27.2 Å². The first-order chi connectivity index (χ1) is 13.8. The van der Waals surface area contributed by atoms with Crippen LogP contribution in [0.3, 0.4) is 0 Å². The van der Waals surface area contributed by atoms with E-state index in [1.165, 1.54) is 20.8 Å². The van der Waals surface area contributed by atoms with E-state index in [0.717, 1.165) is 21.9 Å². The molecule has 0 atom stereocenters. The number of carbonyl (C=O) groups excluding carboxylic acids is 3. The van der Waals surface area contributed by atoms with Gasteiger partial charge in [0, 0.05) is 32.6 Å². The third-order valence-electron chi connectivity index (χ3n) is 4.12. The van der Waals surface area contributed by atoms with Gasteiger partial charge in [-0.25, -0.2) is 0 Å². The Morgan fingerprint density at radius 3 is 2.07 bits per heavy atom. The molecule has 0 aliphatic heterocycles. The molecule has 0 N–H and O–H groups in total. The molecule has 0 aliphatic rings. The molecule has 0 aromatic heterocycles. The number of rotatable bonds is 5. The van der Waals surface area contributed by atoms with Crippen molar-refractivity contribution in [2.75, 3.05) is 0 Å². The molecule has 6 heteroatoms. The predicted octanol–water partition coefficient (Wildman–Crippen LogP) is 4.21. The normalized spacial score (nSPS) is 10.4. The van der Waals surface area contributed by atoms with Crippen LogP contribution in [-0.4, -0.2) is 17.9 Å². The van der Waals surface area contributed by atoms with Crippen LogP contribution in [0.1, 0.15) is 31.9 Å². The lowest BCUT2D eigenvalue weighted by Gasteiger charge is -2.14. The van der Waals surface area contributed by atoms with E-state index in [4.69, 9.17) is 14.2 Å². The Labute approximate surface area is 168 Å². The Bertz CT molecular complexity index is 1100. The van der Waals surface area contributed by atoms with Crippen LogP contribution in [0.4, 0.5) is 0 Å². The Hall–Kier alpha value is -3.67. The average molecular weight is 392 g/mol. The Morgan fingerprint density at radius 2 is 1.38 bits per heavy atom. The average Bonchev–Trinajstić information content (AvgIpc) is 2.64. The van der Waals surface area contributed by atoms with Gasteiger partial charge in [-0.2, -0.15) is 0 Å². The van der Waals surface area contributed by atoms with Crippen molar-refractivity contribution in [1.29, 1.82) is 0 Å². The Kier molecular flexibility index (Phi) is 5.93. The first-order valence-electron chi connectivity index (χ1n) is 9.02. The van der Waals surface area contributed by atoms with E-state index in [9.17, 15) is 14.4 Å². The number of benzene rings is 3. The molecule has 0 fully saturated rings. The van der Waals surface area contributed by atoms with E-state index >= 15 is 0 Å². The lowest BCUT2D eigenvalue weighted by molar-refractivity contribution is -0.134. The summed E-state index contributed by atoms with van der Waals surface area (Å²) in [4.78, 5) is 34.4. The van der Waals surface area contributed by atoms with Gasteiger partial charge < -0.3 is 14.2 Å². The van der Waals surface area contributed by atoms with Crippen molar-refractivity contribution in [3.63, 3.8) is 0 Å². The molecule has 6 nitrogen and oxygen atoms in total. The monoisotopic (exact) mass is 392 g/mol. The van der Waals surface area contributed by atoms with Gasteiger partial charge in [-0.05, 0) is 28.6 Å². The number of hydrogen-bond donors (Lipinski definition) is 0. The van der Waals surface area contributed by atoms with Crippen LogP contribution >= 0.6 is 0 Å². The zero-order valence-corrected chi connectivity index (χ0v) is 16.4. The second-order valence-electron chi connectivity index (χ2n) is 6.51. The number of esters is 3. The number of fused-ring (bicyclic) bond motifs is 1. The molecule has 148 valence electrons. The van der Waals surface area contributed by atoms with Gasteiger partial charge in [0.1, 0.15) is 5.75 Å². The molecule has 0 saturated heterocycles. The molecule has 3 aromatic carbocycles. The van der Waals surface area contributed by atoms with E-state index in [1.54, 1.807) is 18.2 Å². The highest BCUT2D eigenvalue weighted by molar-refractivity contribution is 5.91. The maximum absolute atomic E-state index is 11.7. The summed E-state index contributed by atoms with van der Waals surface area (Å²) in [5, 5.41) is 1.79. The van der Waals surface area contributed by atoms with Crippen molar-refractivity contribution >= 4 is 28.7 Å². The fourth-order valence-electron chi connectivity index (χ4n) is 3.05. The number of ether oxygens (including phenoxy) is 3. The van der Waals surface area contributed by atoms with Crippen molar-refractivity contribution in [3.05, 3.63) is 65.7 Å². The van der Waals surface area contributed by atoms with Crippen LogP contribution in [0.25, 0.3) is 10.8 Å². The molecule has 3 aromatic rings. The lowest BCUT2D eigenvalue weighted by atomic mass is 9.99. The first kappa shape index (κ1) is 20.1. The smallest absolute Gasteiger partial charge is 0.308 e. The maximum atomic E-state index is 11.7. The van der Waals surface area contributed by atoms with Crippen LogP contribution in [0, 0.1) is 0 Å². The molecule has 0 spiro atoms. The zero-order valence-electron chi connectivity index (χ0n) is 16.4. The van der Waals surface area contributed by atoms with E-state index in [2.05, 4.69) is 0 Å². The summed E-state index contributed by atoms with van der Waals surface area (Å²) in [5.74, 6) is -0.642. The third-order valence-corrected chi connectivity index (χ3v) is 4.12. The van der Waals surface area contributed by atoms with Crippen LogP contribution in [0.15, 0.2) is 54.6 Å². The SMILES string of the molecule is CC(=O)Oc1ccc(Cc2ccc3ccccc3c2OC(C)=O)cc1OC(C)=O. The molecule has 29 heavy (non-hydrogen) atoms. The van der Waals surface area contributed by atoms with E-state index in [-0.39, 0.29) is 11.5 Å². The minimum Gasteiger partial charge on any atom is -0.426 e. The molecule has 0 saturated carbocycles. The van der Waals surface area contributed by atoms with Gasteiger partial charge >= 0.3 is 17.9 Å². The van der Waals surface area contributed by atoms with E-state index < -0.39 is 17.9 Å². The van der Waals surface area contributed by atoms with E-state index in [0.29, 0.717) is 12.2 Å². The minimum absolute atomic E-state index is 0.153. The van der Waals surface area contributed by atoms with Crippen LogP contribution in [0.2, 0.25) is 0 Å². The Balaban J connectivity index is 2.02. The van der Waals surface area contributed by atoms with Gasteiger partial charge in [0.15, 0.2) is 11.5 Å². The topological polar surface area (TPSA) is 78.9 Å². The predicted molar refractivity (Wildman–Crippen MR) is 107 cm³/mol. The molecular formula is C23H20O6. The number of hydrogen-bond acceptors (Lipinski definition) is 6. The zero-order chi connectivity index (χ0) is 21.0. The van der Waals surface area contributed by atoms with Gasteiger partial charge in [0.2, 0.25) is 0 Å². The maximum Gasteiger partial charge on any atom is 0.308 e. The molecule has 0 radical (unpaired) electrons. The van der Waals surface area contributed by atoms with Gasteiger partial charge in [0.05, 0.1) is 0 Å². The summed E-state index contributed by atoms with van der Waals surface area (Å²) in [5.41, 5.74) is 1.59. The lowest BCUT2D eigenvalue weighted by Crippen LogP contribution is -2.08. The van der Waals surface area contributed by atoms with Crippen molar-refractivity contribution in [1.82, 2.24) is 0 Å². The third kappa shape index (κ3) is 4.99. The fraction of sp³-hybridized carbons (Fsp3) is 0.174. The summed E-state index contributed by atoms with van der Waals surface area (Å²) >= 11 is 0.